The van der Waals surface area contributed by atoms with Crippen molar-refractivity contribution >= 4 is 5.97 Å². The van der Waals surface area contributed by atoms with Crippen molar-refractivity contribution in [3.63, 3.8) is 0 Å². The van der Waals surface area contributed by atoms with Crippen LogP contribution in [0.15, 0.2) is 18.3 Å². The van der Waals surface area contributed by atoms with Gasteiger partial charge in [-0.1, -0.05) is 0 Å². The van der Waals surface area contributed by atoms with Crippen LogP contribution in [-0.4, -0.2) is 23.7 Å². The fraction of sp³-hybridized carbons (Fsp3) is 0.455. The van der Waals surface area contributed by atoms with Crippen LogP contribution in [0.1, 0.15) is 30.3 Å². The predicted octanol–water partition coefficient (Wildman–Crippen LogP) is 1.80. The largest absolute Gasteiger partial charge is 0.488 e. The summed E-state index contributed by atoms with van der Waals surface area (Å²) < 4.78 is 10.4. The quantitative estimate of drug-likeness (QED) is 0.706. The van der Waals surface area contributed by atoms with Gasteiger partial charge in [-0.2, -0.15) is 0 Å². The van der Waals surface area contributed by atoms with E-state index in [1.807, 2.05) is 0 Å². The molecular formula is C11H13NO3. The standard InChI is InChI=1S/C11H13NO3/c1-2-14-11(13)10-9(4-3-7-12-10)15-8-5-6-8/h3-4,7-8H,2,5-6H2,1H3. The van der Waals surface area contributed by atoms with Gasteiger partial charge in [0.05, 0.1) is 12.7 Å². The van der Waals surface area contributed by atoms with Gasteiger partial charge in [0.1, 0.15) is 0 Å². The molecule has 4 nitrogen and oxygen atoms in total. The van der Waals surface area contributed by atoms with Crippen LogP contribution in [-0.2, 0) is 4.74 Å². The smallest absolute Gasteiger partial charge is 0.360 e. The zero-order chi connectivity index (χ0) is 10.7. The second-order valence-corrected chi connectivity index (χ2v) is 3.39. The first kappa shape index (κ1) is 9.96. The molecule has 0 bridgehead atoms. The third-order valence-electron chi connectivity index (χ3n) is 2.06. The molecule has 0 saturated heterocycles. The van der Waals surface area contributed by atoms with Crippen molar-refractivity contribution in [1.29, 1.82) is 0 Å². The maximum atomic E-state index is 11.5. The number of ether oxygens (including phenoxy) is 2. The van der Waals surface area contributed by atoms with E-state index in [0.29, 0.717) is 12.4 Å². The summed E-state index contributed by atoms with van der Waals surface area (Å²) in [4.78, 5) is 15.5. The highest BCUT2D eigenvalue weighted by Gasteiger charge is 2.26. The molecule has 0 spiro atoms. The topological polar surface area (TPSA) is 48.4 Å². The van der Waals surface area contributed by atoms with E-state index in [1.165, 1.54) is 0 Å². The van der Waals surface area contributed by atoms with Crippen LogP contribution < -0.4 is 4.74 Å². The molecule has 0 atom stereocenters. The van der Waals surface area contributed by atoms with Crippen molar-refractivity contribution in [1.82, 2.24) is 4.98 Å². The zero-order valence-corrected chi connectivity index (χ0v) is 8.60. The molecule has 0 radical (unpaired) electrons. The molecule has 0 amide bonds. The number of hydrogen-bond donors (Lipinski definition) is 0. The third kappa shape index (κ3) is 2.46. The summed E-state index contributed by atoms with van der Waals surface area (Å²) >= 11 is 0. The molecule has 1 saturated carbocycles. The van der Waals surface area contributed by atoms with E-state index in [4.69, 9.17) is 9.47 Å². The summed E-state index contributed by atoms with van der Waals surface area (Å²) in [7, 11) is 0. The molecule has 1 aromatic heterocycles. The lowest BCUT2D eigenvalue weighted by atomic mass is 10.3. The van der Waals surface area contributed by atoms with Gasteiger partial charge in [-0.25, -0.2) is 9.78 Å². The molecule has 1 aliphatic carbocycles. The van der Waals surface area contributed by atoms with Gasteiger partial charge in [-0.15, -0.1) is 0 Å². The number of nitrogens with zero attached hydrogens (tertiary/aromatic N) is 1. The van der Waals surface area contributed by atoms with Crippen molar-refractivity contribution in [2.75, 3.05) is 6.61 Å². The lowest BCUT2D eigenvalue weighted by molar-refractivity contribution is 0.0514. The zero-order valence-electron chi connectivity index (χ0n) is 8.60. The third-order valence-corrected chi connectivity index (χ3v) is 2.06. The average molecular weight is 207 g/mol. The Morgan fingerprint density at radius 3 is 3.07 bits per heavy atom. The van der Waals surface area contributed by atoms with Gasteiger partial charge in [0, 0.05) is 6.20 Å². The van der Waals surface area contributed by atoms with Gasteiger partial charge in [-0.05, 0) is 31.9 Å². The minimum absolute atomic E-state index is 0.252. The molecule has 0 aliphatic heterocycles. The average Bonchev–Trinajstić information content (AvgIpc) is 3.03. The highest BCUT2D eigenvalue weighted by molar-refractivity contribution is 5.90. The first-order valence-electron chi connectivity index (χ1n) is 5.10. The normalized spacial score (nSPS) is 14.7. The van der Waals surface area contributed by atoms with E-state index in [1.54, 1.807) is 25.3 Å². The predicted molar refractivity (Wildman–Crippen MR) is 53.8 cm³/mol. The monoisotopic (exact) mass is 207 g/mol. The molecule has 1 heterocycles. The number of aromatic nitrogens is 1. The Kier molecular flexibility index (Phi) is 2.85. The van der Waals surface area contributed by atoms with Crippen molar-refractivity contribution in [3.05, 3.63) is 24.0 Å². The number of rotatable bonds is 4. The van der Waals surface area contributed by atoms with Crippen LogP contribution in [0.4, 0.5) is 0 Å². The first-order chi connectivity index (χ1) is 7.31. The van der Waals surface area contributed by atoms with E-state index in [0.717, 1.165) is 12.8 Å². The summed E-state index contributed by atoms with van der Waals surface area (Å²) in [5, 5.41) is 0. The Morgan fingerprint density at radius 2 is 2.40 bits per heavy atom. The van der Waals surface area contributed by atoms with Crippen LogP contribution in [0.3, 0.4) is 0 Å². The Bertz CT molecular complexity index is 361. The summed E-state index contributed by atoms with van der Waals surface area (Å²) in [6.07, 6.45) is 3.92. The van der Waals surface area contributed by atoms with Gasteiger partial charge in [0.15, 0.2) is 11.4 Å². The van der Waals surface area contributed by atoms with Crippen LogP contribution in [0.5, 0.6) is 5.75 Å². The van der Waals surface area contributed by atoms with Crippen molar-refractivity contribution in [2.45, 2.75) is 25.9 Å². The molecule has 80 valence electrons. The van der Waals surface area contributed by atoms with Gasteiger partial charge in [0.25, 0.3) is 0 Å². The van der Waals surface area contributed by atoms with Crippen LogP contribution in [0.25, 0.3) is 0 Å². The van der Waals surface area contributed by atoms with Crippen molar-refractivity contribution in [3.8, 4) is 5.75 Å². The van der Waals surface area contributed by atoms with Crippen LogP contribution in [0.2, 0.25) is 0 Å². The molecule has 1 aromatic rings. The maximum absolute atomic E-state index is 11.5. The molecule has 15 heavy (non-hydrogen) atoms. The van der Waals surface area contributed by atoms with E-state index in [2.05, 4.69) is 4.98 Å². The second kappa shape index (κ2) is 4.29. The second-order valence-electron chi connectivity index (χ2n) is 3.39. The van der Waals surface area contributed by atoms with Crippen LogP contribution in [0, 0.1) is 0 Å². The molecule has 0 unspecified atom stereocenters. The SMILES string of the molecule is CCOC(=O)c1ncccc1OC1CC1. The van der Waals surface area contributed by atoms with Gasteiger partial charge >= 0.3 is 5.97 Å². The molecule has 1 aliphatic rings. The first-order valence-corrected chi connectivity index (χ1v) is 5.10. The molecule has 4 heteroatoms. The van der Waals surface area contributed by atoms with Crippen molar-refractivity contribution < 1.29 is 14.3 Å². The fourth-order valence-corrected chi connectivity index (χ4v) is 1.20. The highest BCUT2D eigenvalue weighted by Crippen LogP contribution is 2.28. The number of esters is 1. The van der Waals surface area contributed by atoms with Crippen LogP contribution >= 0.6 is 0 Å². The van der Waals surface area contributed by atoms with E-state index in [9.17, 15) is 4.79 Å². The molecule has 2 rings (SSSR count). The van der Waals surface area contributed by atoms with Gasteiger partial charge in [0.2, 0.25) is 0 Å². The Hall–Kier alpha value is -1.58. The number of pyridine rings is 1. The van der Waals surface area contributed by atoms with E-state index < -0.39 is 5.97 Å². The summed E-state index contributed by atoms with van der Waals surface area (Å²) in [5.74, 6) is 0.104. The Labute approximate surface area is 88.2 Å². The Morgan fingerprint density at radius 1 is 1.60 bits per heavy atom. The van der Waals surface area contributed by atoms with Gasteiger partial charge in [-0.3, -0.25) is 0 Å². The number of hydrogen-bond acceptors (Lipinski definition) is 4. The molecule has 0 aromatic carbocycles. The van der Waals surface area contributed by atoms with E-state index in [-0.39, 0.29) is 11.8 Å². The maximum Gasteiger partial charge on any atom is 0.360 e. The summed E-state index contributed by atoms with van der Waals surface area (Å²) in [6, 6.07) is 3.50. The minimum Gasteiger partial charge on any atom is -0.488 e. The molecule has 1 fully saturated rings. The molecule has 0 N–H and O–H groups in total. The number of carbonyl (C=O) groups excluding carboxylic acids is 1. The Balaban J connectivity index is 2.16. The summed E-state index contributed by atoms with van der Waals surface area (Å²) in [5.41, 5.74) is 0.270. The van der Waals surface area contributed by atoms with Crippen molar-refractivity contribution in [2.24, 2.45) is 0 Å². The minimum atomic E-state index is -0.422. The summed E-state index contributed by atoms with van der Waals surface area (Å²) in [6.45, 7) is 2.11. The lowest BCUT2D eigenvalue weighted by Gasteiger charge is -2.08. The number of carbonyl (C=O) groups is 1. The van der Waals surface area contributed by atoms with E-state index >= 15 is 0 Å². The molecular weight excluding hydrogens is 194 g/mol. The lowest BCUT2D eigenvalue weighted by Crippen LogP contribution is -2.10. The highest BCUT2D eigenvalue weighted by atomic mass is 16.5. The fourth-order valence-electron chi connectivity index (χ4n) is 1.20. The van der Waals surface area contributed by atoms with Gasteiger partial charge < -0.3 is 9.47 Å².